The molecule has 0 spiro atoms. The first-order chi connectivity index (χ1) is 17.8. The Morgan fingerprint density at radius 2 is 2.03 bits per heavy atom. The molecule has 0 bridgehead atoms. The van der Waals surface area contributed by atoms with Crippen LogP contribution in [0.3, 0.4) is 0 Å². The average molecular weight is 506 g/mol. The third kappa shape index (κ3) is 4.33. The summed E-state index contributed by atoms with van der Waals surface area (Å²) in [6.45, 7) is 0.571. The zero-order valence-corrected chi connectivity index (χ0v) is 20.5. The number of nitrogens with zero attached hydrogens (tertiary/aromatic N) is 3. The molecule has 0 saturated carbocycles. The molecule has 5 rings (SSSR count). The highest BCUT2D eigenvalue weighted by Gasteiger charge is 2.29. The number of nitrogens with one attached hydrogen (secondary N) is 4. The van der Waals surface area contributed by atoms with E-state index >= 15 is 0 Å². The number of halogens is 1. The Bertz CT molecular complexity index is 1530. The Balaban J connectivity index is 1.54. The molecule has 37 heavy (non-hydrogen) atoms. The minimum absolute atomic E-state index is 0.112. The van der Waals surface area contributed by atoms with Gasteiger partial charge in [0.25, 0.3) is 5.91 Å². The van der Waals surface area contributed by atoms with Gasteiger partial charge in [0, 0.05) is 32.9 Å². The number of ether oxygens (including phenoxy) is 1. The summed E-state index contributed by atoms with van der Waals surface area (Å²) < 4.78 is 19.9. The fourth-order valence-corrected chi connectivity index (χ4v) is 4.40. The number of aromatic nitrogens is 3. The van der Waals surface area contributed by atoms with E-state index in [1.165, 1.54) is 17.0 Å². The number of fused-ring (bicyclic) bond motifs is 2. The number of H-pyrrole nitrogens is 2. The smallest absolute Gasteiger partial charge is 0.351 e. The average Bonchev–Trinajstić information content (AvgIpc) is 3.49. The van der Waals surface area contributed by atoms with Gasteiger partial charge in [0.15, 0.2) is 5.75 Å². The highest BCUT2D eigenvalue weighted by atomic mass is 19.1. The largest absolute Gasteiger partial charge is 0.493 e. The van der Waals surface area contributed by atoms with Gasteiger partial charge in [-0.3, -0.25) is 20.0 Å². The molecule has 1 aliphatic heterocycles. The number of nitrogens with two attached hydrogens (primary N) is 1. The molecule has 3 amide bonds. The van der Waals surface area contributed by atoms with Crippen molar-refractivity contribution in [3.63, 3.8) is 0 Å². The van der Waals surface area contributed by atoms with Crippen LogP contribution in [-0.4, -0.2) is 54.6 Å². The molecule has 6 N–H and O–H groups in total. The van der Waals surface area contributed by atoms with Crippen LogP contribution < -0.4 is 31.0 Å². The fourth-order valence-electron chi connectivity index (χ4n) is 4.40. The first-order valence-corrected chi connectivity index (χ1v) is 11.5. The number of rotatable bonds is 6. The van der Waals surface area contributed by atoms with Gasteiger partial charge < -0.3 is 20.7 Å². The zero-order chi connectivity index (χ0) is 26.3. The van der Waals surface area contributed by atoms with Crippen molar-refractivity contribution in [3.8, 4) is 5.75 Å². The number of urea groups is 1. The highest BCUT2D eigenvalue weighted by molar-refractivity contribution is 6.00. The number of carbonyl (C=O) groups excluding carboxylic acids is 2. The van der Waals surface area contributed by atoms with Crippen LogP contribution in [0.15, 0.2) is 42.6 Å². The molecule has 2 aromatic heterocycles. The summed E-state index contributed by atoms with van der Waals surface area (Å²) in [5.41, 5.74) is 8.34. The molecule has 2 aromatic carbocycles. The molecule has 4 aromatic rings. The summed E-state index contributed by atoms with van der Waals surface area (Å²) >= 11 is 0. The number of benzene rings is 2. The van der Waals surface area contributed by atoms with Gasteiger partial charge in [0.2, 0.25) is 11.5 Å². The molecule has 0 fully saturated rings. The lowest BCUT2D eigenvalue weighted by Crippen LogP contribution is -2.38. The van der Waals surface area contributed by atoms with E-state index in [1.807, 2.05) is 12.1 Å². The first-order valence-electron chi connectivity index (χ1n) is 11.5. The van der Waals surface area contributed by atoms with Gasteiger partial charge in [-0.1, -0.05) is 11.1 Å². The van der Waals surface area contributed by atoms with Crippen LogP contribution >= 0.6 is 0 Å². The Labute approximate surface area is 211 Å². The molecule has 0 saturated heterocycles. The molecule has 11 nitrogen and oxygen atoms in total. The van der Waals surface area contributed by atoms with Crippen molar-refractivity contribution in [1.29, 1.82) is 0 Å². The van der Waals surface area contributed by atoms with E-state index in [2.05, 4.69) is 25.6 Å². The van der Waals surface area contributed by atoms with Crippen molar-refractivity contribution in [1.82, 2.24) is 14.9 Å². The standard InChI is InChI=1S/C25H25FN8O3/c1-33(2)25(36)34-10-8-13-11-19(37-3)17(12-18(13)34)30-24-31-22-14(7-9-28-22)23(32-24)29-16-6-4-5-15(26)20(16)21(27)35/h4-7,9,11-12H,8,10H2,1-3H3,(H2,27,35)(H3,28,29,30,31,32)/p+1. The van der Waals surface area contributed by atoms with Crippen molar-refractivity contribution in [2.45, 2.75) is 6.42 Å². The summed E-state index contributed by atoms with van der Waals surface area (Å²) in [6.07, 6.45) is 2.44. The molecule has 190 valence electrons. The number of hydrogen-bond donors (Lipinski definition) is 4. The summed E-state index contributed by atoms with van der Waals surface area (Å²) in [5.74, 6) is -0.364. The Hall–Kier alpha value is -4.87. The predicted octanol–water partition coefficient (Wildman–Crippen LogP) is 3.15. The maximum Gasteiger partial charge on any atom is 0.351 e. The number of carbonyl (C=O) groups is 2. The van der Waals surface area contributed by atoms with Gasteiger partial charge in [0.1, 0.15) is 11.5 Å². The summed E-state index contributed by atoms with van der Waals surface area (Å²) in [4.78, 5) is 38.7. The van der Waals surface area contributed by atoms with Crippen molar-refractivity contribution in [2.24, 2.45) is 5.73 Å². The van der Waals surface area contributed by atoms with Crippen LogP contribution in [0.2, 0.25) is 0 Å². The molecule has 0 aliphatic carbocycles. The van der Waals surface area contributed by atoms with Crippen LogP contribution in [0, 0.1) is 5.82 Å². The quantitative estimate of drug-likeness (QED) is 0.317. The van der Waals surface area contributed by atoms with Crippen LogP contribution in [-0.2, 0) is 6.42 Å². The van der Waals surface area contributed by atoms with Gasteiger partial charge in [-0.15, -0.1) is 0 Å². The van der Waals surface area contributed by atoms with Crippen LogP contribution in [0.4, 0.5) is 38.0 Å². The minimum Gasteiger partial charge on any atom is -0.493 e. The Kier molecular flexibility index (Phi) is 5.99. The Morgan fingerprint density at radius 3 is 2.76 bits per heavy atom. The fraction of sp³-hybridized carbons (Fsp3) is 0.200. The molecular formula is C25H26FN8O3+. The van der Waals surface area contributed by atoms with Crippen molar-refractivity contribution >= 4 is 51.8 Å². The second-order valence-electron chi connectivity index (χ2n) is 8.74. The van der Waals surface area contributed by atoms with Gasteiger partial charge in [0.05, 0.1) is 29.4 Å². The van der Waals surface area contributed by atoms with E-state index in [9.17, 15) is 14.0 Å². The summed E-state index contributed by atoms with van der Waals surface area (Å²) in [7, 11) is 4.99. The van der Waals surface area contributed by atoms with Gasteiger partial charge >= 0.3 is 12.0 Å². The number of methoxy groups -OCH3 is 1. The van der Waals surface area contributed by atoms with Crippen molar-refractivity contribution in [3.05, 3.63) is 59.5 Å². The number of amides is 3. The van der Waals surface area contributed by atoms with E-state index in [-0.39, 0.29) is 17.3 Å². The van der Waals surface area contributed by atoms with E-state index in [0.29, 0.717) is 47.2 Å². The normalized spacial score (nSPS) is 12.4. The lowest BCUT2D eigenvalue weighted by Gasteiger charge is -2.22. The van der Waals surface area contributed by atoms with Gasteiger partial charge in [-0.25, -0.2) is 14.2 Å². The van der Waals surface area contributed by atoms with Crippen molar-refractivity contribution < 1.29 is 23.7 Å². The van der Waals surface area contributed by atoms with Crippen LogP contribution in [0.5, 0.6) is 5.75 Å². The zero-order valence-electron chi connectivity index (χ0n) is 20.5. The number of aromatic amines is 2. The highest BCUT2D eigenvalue weighted by Crippen LogP contribution is 2.38. The minimum atomic E-state index is -0.897. The van der Waals surface area contributed by atoms with E-state index in [0.717, 1.165) is 11.3 Å². The van der Waals surface area contributed by atoms with E-state index in [4.69, 9.17) is 10.5 Å². The maximum atomic E-state index is 14.3. The molecule has 0 unspecified atom stereocenters. The molecule has 1 aliphatic rings. The monoisotopic (exact) mass is 505 g/mol. The van der Waals surface area contributed by atoms with E-state index < -0.39 is 11.7 Å². The lowest BCUT2D eigenvalue weighted by molar-refractivity contribution is -0.333. The predicted molar refractivity (Wildman–Crippen MR) is 137 cm³/mol. The molecule has 12 heteroatoms. The van der Waals surface area contributed by atoms with Crippen LogP contribution in [0.1, 0.15) is 15.9 Å². The van der Waals surface area contributed by atoms with E-state index in [1.54, 1.807) is 44.4 Å². The third-order valence-corrected chi connectivity index (χ3v) is 6.15. The molecule has 3 heterocycles. The molecular weight excluding hydrogens is 479 g/mol. The maximum absolute atomic E-state index is 14.3. The van der Waals surface area contributed by atoms with Crippen LogP contribution in [0.25, 0.3) is 11.0 Å². The Morgan fingerprint density at radius 1 is 1.22 bits per heavy atom. The van der Waals surface area contributed by atoms with Gasteiger partial charge in [-0.2, -0.15) is 0 Å². The molecule has 0 radical (unpaired) electrons. The summed E-state index contributed by atoms with van der Waals surface area (Å²) in [5, 5.41) is 6.94. The SMILES string of the molecule is COc1cc2c(cc1Nc1nc(Nc3cccc(F)c3C(N)=O)c3cc[nH]c3[nH+]1)N(C(=O)N(C)C)CC2. The second kappa shape index (κ2) is 9.30. The number of hydrogen-bond acceptors (Lipinski definition) is 6. The lowest BCUT2D eigenvalue weighted by atomic mass is 10.1. The molecule has 0 atom stereocenters. The topological polar surface area (TPSA) is 143 Å². The summed E-state index contributed by atoms with van der Waals surface area (Å²) in [6, 6.07) is 9.62. The second-order valence-corrected chi connectivity index (χ2v) is 8.74. The number of primary amides is 1. The van der Waals surface area contributed by atoms with Gasteiger partial charge in [-0.05, 0) is 36.2 Å². The number of anilines is 5. The van der Waals surface area contributed by atoms with Crippen molar-refractivity contribution in [2.75, 3.05) is 43.3 Å². The third-order valence-electron chi connectivity index (χ3n) is 6.15. The first kappa shape index (κ1) is 23.9.